The first-order valence-corrected chi connectivity index (χ1v) is 10.00. The van der Waals surface area contributed by atoms with Crippen LogP contribution in [0.4, 0.5) is 0 Å². The van der Waals surface area contributed by atoms with E-state index in [1.54, 1.807) is 0 Å². The lowest BCUT2D eigenvalue weighted by Gasteiger charge is -2.18. The number of carbonyl (C=O) groups excluding carboxylic acids is 1. The average molecular weight is 387 g/mol. The summed E-state index contributed by atoms with van der Waals surface area (Å²) in [4.78, 5) is 12.4. The third-order valence-corrected chi connectivity index (χ3v) is 5.33. The molecule has 1 unspecified atom stereocenters. The van der Waals surface area contributed by atoms with Gasteiger partial charge in [0.1, 0.15) is 12.4 Å². The summed E-state index contributed by atoms with van der Waals surface area (Å²) in [6.45, 7) is 0.535. The van der Waals surface area contributed by atoms with E-state index in [0.29, 0.717) is 25.9 Å². The molecule has 0 radical (unpaired) electrons. The number of carbonyl (C=O) groups is 1. The van der Waals surface area contributed by atoms with Crippen LogP contribution in [0.5, 0.6) is 5.75 Å². The molecular weight excluding hydrogens is 362 g/mol. The fourth-order valence-electron chi connectivity index (χ4n) is 3.74. The number of hydrogen-bond acceptors (Lipinski definition) is 3. The van der Waals surface area contributed by atoms with Crippen molar-refractivity contribution in [3.05, 3.63) is 101 Å². The molecule has 1 aliphatic carbocycles. The summed E-state index contributed by atoms with van der Waals surface area (Å²) in [6, 6.07) is 25.5. The van der Waals surface area contributed by atoms with Gasteiger partial charge in [-0.15, -0.1) is 0 Å². The largest absolute Gasteiger partial charge is 0.489 e. The topological polar surface area (TPSA) is 58.6 Å². The van der Waals surface area contributed by atoms with E-state index >= 15 is 0 Å². The van der Waals surface area contributed by atoms with Crippen molar-refractivity contribution >= 4 is 5.91 Å². The van der Waals surface area contributed by atoms with Crippen LogP contribution in [0.25, 0.3) is 0 Å². The molecular formula is C25H25NO3. The van der Waals surface area contributed by atoms with Gasteiger partial charge in [0.15, 0.2) is 0 Å². The minimum Gasteiger partial charge on any atom is -0.489 e. The summed E-state index contributed by atoms with van der Waals surface area (Å²) in [5, 5.41) is 13.3. The quantitative estimate of drug-likeness (QED) is 0.645. The maximum atomic E-state index is 12.4. The average Bonchev–Trinajstić information content (AvgIpc) is 3.07. The molecule has 0 fully saturated rings. The third kappa shape index (κ3) is 4.84. The van der Waals surface area contributed by atoms with Gasteiger partial charge in [-0.2, -0.15) is 0 Å². The second-order valence-corrected chi connectivity index (χ2v) is 7.43. The van der Waals surface area contributed by atoms with E-state index in [1.807, 2.05) is 78.9 Å². The lowest BCUT2D eigenvalue weighted by Crippen LogP contribution is -2.33. The van der Waals surface area contributed by atoms with Crippen molar-refractivity contribution in [2.24, 2.45) is 0 Å². The molecule has 0 saturated heterocycles. The van der Waals surface area contributed by atoms with E-state index in [2.05, 4.69) is 5.32 Å². The molecule has 4 heteroatoms. The van der Waals surface area contributed by atoms with Crippen LogP contribution < -0.4 is 10.1 Å². The zero-order valence-electron chi connectivity index (χ0n) is 16.3. The maximum Gasteiger partial charge on any atom is 0.220 e. The molecule has 0 spiro atoms. The van der Waals surface area contributed by atoms with Gasteiger partial charge in [-0.25, -0.2) is 0 Å². The number of benzene rings is 3. The predicted molar refractivity (Wildman–Crippen MR) is 113 cm³/mol. The molecule has 0 saturated carbocycles. The highest BCUT2D eigenvalue weighted by atomic mass is 16.5. The Balaban J connectivity index is 1.26. The van der Waals surface area contributed by atoms with Gasteiger partial charge >= 0.3 is 0 Å². The van der Waals surface area contributed by atoms with Gasteiger partial charge in [0.05, 0.1) is 12.1 Å². The minimum absolute atomic E-state index is 0.0462. The van der Waals surface area contributed by atoms with Crippen molar-refractivity contribution in [1.29, 1.82) is 0 Å². The normalized spacial score (nSPS) is 17.6. The van der Waals surface area contributed by atoms with Gasteiger partial charge in [-0.05, 0) is 40.8 Å². The fourth-order valence-corrected chi connectivity index (χ4v) is 3.74. The summed E-state index contributed by atoms with van der Waals surface area (Å²) >= 11 is 0. The Morgan fingerprint density at radius 1 is 0.931 bits per heavy atom. The Labute approximate surface area is 171 Å². The lowest BCUT2D eigenvalue weighted by atomic mass is 10.1. The van der Waals surface area contributed by atoms with E-state index < -0.39 is 6.10 Å². The number of aliphatic hydroxyl groups excluding tert-OH is 1. The number of hydrogen-bond donors (Lipinski definition) is 2. The molecule has 4 nitrogen and oxygen atoms in total. The molecule has 0 bridgehead atoms. The first-order chi connectivity index (χ1) is 14.2. The van der Waals surface area contributed by atoms with Crippen molar-refractivity contribution in [3.63, 3.8) is 0 Å². The first kappa shape index (κ1) is 19.2. The van der Waals surface area contributed by atoms with Crippen LogP contribution >= 0.6 is 0 Å². The van der Waals surface area contributed by atoms with E-state index in [-0.39, 0.29) is 11.9 Å². The van der Waals surface area contributed by atoms with Crippen LogP contribution in [-0.4, -0.2) is 17.1 Å². The van der Waals surface area contributed by atoms with E-state index in [0.717, 1.165) is 28.0 Å². The van der Waals surface area contributed by atoms with Crippen molar-refractivity contribution in [3.8, 4) is 5.75 Å². The summed E-state index contributed by atoms with van der Waals surface area (Å²) in [5.41, 5.74) is 4.34. The van der Waals surface area contributed by atoms with Gasteiger partial charge in [0, 0.05) is 12.8 Å². The van der Waals surface area contributed by atoms with Gasteiger partial charge in [0.2, 0.25) is 5.91 Å². The molecule has 2 N–H and O–H groups in total. The van der Waals surface area contributed by atoms with E-state index in [9.17, 15) is 9.90 Å². The third-order valence-electron chi connectivity index (χ3n) is 5.33. The SMILES string of the molecule is O=C(CCc1ccc(OCc2ccccc2)cc1)NC1c2ccccc2C[C@H]1O. The van der Waals surface area contributed by atoms with Crippen LogP contribution in [0.3, 0.4) is 0 Å². The number of aliphatic hydroxyl groups is 1. The Hall–Kier alpha value is -3.11. The van der Waals surface area contributed by atoms with Crippen LogP contribution in [0.1, 0.15) is 34.7 Å². The predicted octanol–water partition coefficient (Wildman–Crippen LogP) is 3.97. The zero-order chi connectivity index (χ0) is 20.1. The van der Waals surface area contributed by atoms with E-state index in [4.69, 9.17) is 4.74 Å². The van der Waals surface area contributed by atoms with Crippen LogP contribution in [0.2, 0.25) is 0 Å². The number of nitrogens with one attached hydrogen (secondary N) is 1. The molecule has 4 rings (SSSR count). The van der Waals surface area contributed by atoms with Crippen molar-refractivity contribution in [2.45, 2.75) is 38.0 Å². The smallest absolute Gasteiger partial charge is 0.220 e. The molecule has 1 aliphatic rings. The molecule has 3 aromatic rings. The maximum absolute atomic E-state index is 12.4. The Morgan fingerprint density at radius 2 is 1.66 bits per heavy atom. The number of aryl methyl sites for hydroxylation is 1. The second kappa shape index (κ2) is 8.93. The Bertz CT molecular complexity index is 953. The zero-order valence-corrected chi connectivity index (χ0v) is 16.3. The fraction of sp³-hybridized carbons (Fsp3) is 0.240. The highest BCUT2D eigenvalue weighted by molar-refractivity contribution is 5.77. The Morgan fingerprint density at radius 3 is 2.45 bits per heavy atom. The number of ether oxygens (including phenoxy) is 1. The number of fused-ring (bicyclic) bond motifs is 1. The molecule has 29 heavy (non-hydrogen) atoms. The summed E-state index contributed by atoms with van der Waals surface area (Å²) in [7, 11) is 0. The van der Waals surface area contributed by atoms with Gasteiger partial charge in [-0.1, -0.05) is 66.7 Å². The summed E-state index contributed by atoms with van der Waals surface area (Å²) in [5.74, 6) is 0.767. The molecule has 0 aliphatic heterocycles. The monoisotopic (exact) mass is 387 g/mol. The molecule has 1 amide bonds. The lowest BCUT2D eigenvalue weighted by molar-refractivity contribution is -0.122. The molecule has 0 heterocycles. The van der Waals surface area contributed by atoms with Gasteiger partial charge < -0.3 is 15.2 Å². The van der Waals surface area contributed by atoms with Crippen molar-refractivity contribution in [2.75, 3.05) is 0 Å². The molecule has 148 valence electrons. The summed E-state index contributed by atoms with van der Waals surface area (Å²) in [6.07, 6.45) is 1.06. The van der Waals surface area contributed by atoms with Gasteiger partial charge in [0.25, 0.3) is 0 Å². The molecule has 3 aromatic carbocycles. The molecule has 0 aromatic heterocycles. The summed E-state index contributed by atoms with van der Waals surface area (Å²) < 4.78 is 5.80. The standard InChI is InChI=1S/C25H25NO3/c27-23-16-20-8-4-5-9-22(20)25(23)26-24(28)15-12-18-10-13-21(14-11-18)29-17-19-6-2-1-3-7-19/h1-11,13-14,23,25,27H,12,15-17H2,(H,26,28)/t23-,25?/m1/s1. The minimum atomic E-state index is -0.558. The van der Waals surface area contributed by atoms with Gasteiger partial charge in [-0.3, -0.25) is 4.79 Å². The van der Waals surface area contributed by atoms with Crippen LogP contribution in [0.15, 0.2) is 78.9 Å². The van der Waals surface area contributed by atoms with Crippen molar-refractivity contribution in [1.82, 2.24) is 5.32 Å². The number of amides is 1. The van der Waals surface area contributed by atoms with Crippen molar-refractivity contribution < 1.29 is 14.6 Å². The number of rotatable bonds is 7. The Kier molecular flexibility index (Phi) is 5.92. The van der Waals surface area contributed by atoms with E-state index in [1.165, 1.54) is 0 Å². The highest BCUT2D eigenvalue weighted by Crippen LogP contribution is 2.31. The van der Waals surface area contributed by atoms with Crippen LogP contribution in [0, 0.1) is 0 Å². The highest BCUT2D eigenvalue weighted by Gasteiger charge is 2.31. The first-order valence-electron chi connectivity index (χ1n) is 10.00. The van der Waals surface area contributed by atoms with Crippen LogP contribution in [-0.2, 0) is 24.2 Å². The second-order valence-electron chi connectivity index (χ2n) is 7.43. The molecule has 2 atom stereocenters.